The van der Waals surface area contributed by atoms with Gasteiger partial charge in [-0.2, -0.15) is 0 Å². The van der Waals surface area contributed by atoms with E-state index in [4.69, 9.17) is 11.6 Å². The Balaban J connectivity index is 2.33. The highest BCUT2D eigenvalue weighted by Crippen LogP contribution is 2.29. The number of nitro groups is 1. The maximum Gasteiger partial charge on any atom is 0.288 e. The monoisotopic (exact) mass is 354 g/mol. The Morgan fingerprint density at radius 1 is 1.20 bits per heavy atom. The lowest BCUT2D eigenvalue weighted by Gasteiger charge is -2.08. The van der Waals surface area contributed by atoms with Crippen molar-refractivity contribution >= 4 is 44.8 Å². The third-order valence-electron chi connectivity index (χ3n) is 2.54. The molecule has 7 heteroatoms. The summed E-state index contributed by atoms with van der Waals surface area (Å²) in [6.45, 7) is 0. The fraction of sp³-hybridized carbons (Fsp3) is 0. The van der Waals surface area contributed by atoms with Crippen molar-refractivity contribution in [1.29, 1.82) is 0 Å². The number of hydrogen-bond donors (Lipinski definition) is 1. The van der Waals surface area contributed by atoms with Gasteiger partial charge in [0.25, 0.3) is 11.6 Å². The zero-order valence-corrected chi connectivity index (χ0v) is 12.3. The lowest BCUT2D eigenvalue weighted by molar-refractivity contribution is -0.384. The SMILES string of the molecule is O=C(Nc1ccccc1Br)c1cccc([N+](=O)[O-])c1Cl. The van der Waals surface area contributed by atoms with E-state index in [1.165, 1.54) is 18.2 Å². The molecule has 1 N–H and O–H groups in total. The second-order valence-corrected chi connectivity index (χ2v) is 5.06. The minimum Gasteiger partial charge on any atom is -0.321 e. The van der Waals surface area contributed by atoms with Crippen LogP contribution in [0.25, 0.3) is 0 Å². The second kappa shape index (κ2) is 6.02. The quantitative estimate of drug-likeness (QED) is 0.660. The van der Waals surface area contributed by atoms with Gasteiger partial charge in [-0.3, -0.25) is 14.9 Å². The Morgan fingerprint density at radius 3 is 2.55 bits per heavy atom. The molecule has 0 atom stereocenters. The van der Waals surface area contributed by atoms with Crippen LogP contribution in [0.5, 0.6) is 0 Å². The molecule has 20 heavy (non-hydrogen) atoms. The predicted octanol–water partition coefficient (Wildman–Crippen LogP) is 4.26. The van der Waals surface area contributed by atoms with E-state index in [2.05, 4.69) is 21.2 Å². The van der Waals surface area contributed by atoms with Crippen molar-refractivity contribution in [3.63, 3.8) is 0 Å². The summed E-state index contributed by atoms with van der Waals surface area (Å²) in [5.74, 6) is -0.509. The van der Waals surface area contributed by atoms with E-state index in [9.17, 15) is 14.9 Å². The number of nitro benzene ring substituents is 1. The fourth-order valence-corrected chi connectivity index (χ4v) is 2.25. The third kappa shape index (κ3) is 2.97. The van der Waals surface area contributed by atoms with Crippen molar-refractivity contribution in [2.24, 2.45) is 0 Å². The Labute approximate surface area is 127 Å². The summed E-state index contributed by atoms with van der Waals surface area (Å²) in [5.41, 5.74) is 0.308. The minimum atomic E-state index is -0.627. The highest BCUT2D eigenvalue weighted by atomic mass is 79.9. The van der Waals surface area contributed by atoms with Gasteiger partial charge in [-0.15, -0.1) is 0 Å². The van der Waals surface area contributed by atoms with Gasteiger partial charge in [-0.05, 0) is 34.1 Å². The van der Waals surface area contributed by atoms with Gasteiger partial charge in [0.05, 0.1) is 16.2 Å². The van der Waals surface area contributed by atoms with Gasteiger partial charge in [-0.1, -0.05) is 29.8 Å². The molecule has 0 spiro atoms. The Bertz CT molecular complexity index is 691. The van der Waals surface area contributed by atoms with Crippen LogP contribution in [-0.4, -0.2) is 10.8 Å². The minimum absolute atomic E-state index is 0.0524. The van der Waals surface area contributed by atoms with Gasteiger partial charge >= 0.3 is 0 Å². The van der Waals surface area contributed by atoms with Crippen molar-refractivity contribution in [3.8, 4) is 0 Å². The van der Waals surface area contributed by atoms with E-state index in [0.717, 1.165) is 0 Å². The number of rotatable bonds is 3. The number of amides is 1. The van der Waals surface area contributed by atoms with Gasteiger partial charge in [0.2, 0.25) is 0 Å². The molecule has 0 fully saturated rings. The molecule has 2 aromatic rings. The summed E-state index contributed by atoms with van der Waals surface area (Å²) in [6.07, 6.45) is 0. The molecule has 1 amide bonds. The molecular formula is C13H8BrClN2O3. The highest BCUT2D eigenvalue weighted by Gasteiger charge is 2.20. The van der Waals surface area contributed by atoms with Crippen molar-refractivity contribution in [1.82, 2.24) is 0 Å². The van der Waals surface area contributed by atoms with Crippen LogP contribution in [-0.2, 0) is 0 Å². The molecule has 0 saturated carbocycles. The van der Waals surface area contributed by atoms with Crippen molar-refractivity contribution in [2.75, 3.05) is 5.32 Å². The normalized spacial score (nSPS) is 10.1. The molecule has 0 aliphatic heterocycles. The van der Waals surface area contributed by atoms with Gasteiger partial charge in [0, 0.05) is 10.5 Å². The molecular weight excluding hydrogens is 348 g/mol. The first-order chi connectivity index (χ1) is 9.50. The number of halogens is 2. The molecule has 0 bridgehead atoms. The van der Waals surface area contributed by atoms with Crippen LogP contribution >= 0.6 is 27.5 Å². The molecule has 0 heterocycles. The smallest absolute Gasteiger partial charge is 0.288 e. The summed E-state index contributed by atoms with van der Waals surface area (Å²) in [7, 11) is 0. The summed E-state index contributed by atoms with van der Waals surface area (Å²) in [5, 5.41) is 13.3. The average molecular weight is 356 g/mol. The second-order valence-electron chi connectivity index (χ2n) is 3.83. The summed E-state index contributed by atoms with van der Waals surface area (Å²) in [6, 6.07) is 11.1. The number of hydrogen-bond acceptors (Lipinski definition) is 3. The standard InChI is InChI=1S/C13H8BrClN2O3/c14-9-5-1-2-6-10(9)16-13(18)8-4-3-7-11(12(8)15)17(19)20/h1-7H,(H,16,18). The maximum absolute atomic E-state index is 12.1. The van der Waals surface area contributed by atoms with E-state index in [0.29, 0.717) is 10.2 Å². The van der Waals surface area contributed by atoms with Gasteiger partial charge in [0.15, 0.2) is 0 Å². The molecule has 5 nitrogen and oxygen atoms in total. The van der Waals surface area contributed by atoms with Gasteiger partial charge in [0.1, 0.15) is 5.02 Å². The molecule has 0 aliphatic rings. The van der Waals surface area contributed by atoms with Crippen LogP contribution in [0.15, 0.2) is 46.9 Å². The van der Waals surface area contributed by atoms with Crippen molar-refractivity contribution in [2.45, 2.75) is 0 Å². The Morgan fingerprint density at radius 2 is 1.90 bits per heavy atom. The van der Waals surface area contributed by atoms with Crippen LogP contribution < -0.4 is 5.32 Å². The van der Waals surface area contributed by atoms with Crippen LogP contribution in [0.2, 0.25) is 5.02 Å². The largest absolute Gasteiger partial charge is 0.321 e. The molecule has 2 aromatic carbocycles. The Kier molecular flexibility index (Phi) is 4.36. The van der Waals surface area contributed by atoms with Gasteiger partial charge < -0.3 is 5.32 Å². The first-order valence-electron chi connectivity index (χ1n) is 5.49. The van der Waals surface area contributed by atoms with Crippen molar-refractivity contribution in [3.05, 3.63) is 67.6 Å². The van der Waals surface area contributed by atoms with Crippen LogP contribution in [0, 0.1) is 10.1 Å². The summed E-state index contributed by atoms with van der Waals surface area (Å²) >= 11 is 9.19. The van der Waals surface area contributed by atoms with Crippen molar-refractivity contribution < 1.29 is 9.72 Å². The summed E-state index contributed by atoms with van der Waals surface area (Å²) < 4.78 is 0.704. The molecule has 0 aliphatic carbocycles. The lowest BCUT2D eigenvalue weighted by Crippen LogP contribution is -2.13. The number of nitrogens with one attached hydrogen (secondary N) is 1. The maximum atomic E-state index is 12.1. The van der Waals surface area contributed by atoms with Crippen LogP contribution in [0.4, 0.5) is 11.4 Å². The highest BCUT2D eigenvalue weighted by molar-refractivity contribution is 9.10. The number of carbonyl (C=O) groups excluding carboxylic acids is 1. The van der Waals surface area contributed by atoms with E-state index in [1.54, 1.807) is 24.3 Å². The molecule has 0 aromatic heterocycles. The number of carbonyl (C=O) groups is 1. The summed E-state index contributed by atoms with van der Waals surface area (Å²) in [4.78, 5) is 22.3. The fourth-order valence-electron chi connectivity index (χ4n) is 1.59. The lowest BCUT2D eigenvalue weighted by atomic mass is 10.2. The molecule has 102 valence electrons. The zero-order chi connectivity index (χ0) is 14.7. The van der Waals surface area contributed by atoms with E-state index < -0.39 is 10.8 Å². The van der Waals surface area contributed by atoms with E-state index in [-0.39, 0.29) is 16.3 Å². The topological polar surface area (TPSA) is 72.2 Å². The molecule has 0 unspecified atom stereocenters. The first kappa shape index (κ1) is 14.5. The third-order valence-corrected chi connectivity index (χ3v) is 3.63. The Hall–Kier alpha value is -1.92. The van der Waals surface area contributed by atoms with Crippen LogP contribution in [0.3, 0.4) is 0 Å². The number of anilines is 1. The average Bonchev–Trinajstić information content (AvgIpc) is 2.41. The molecule has 0 saturated heterocycles. The van der Waals surface area contributed by atoms with Crippen LogP contribution in [0.1, 0.15) is 10.4 Å². The van der Waals surface area contributed by atoms with E-state index >= 15 is 0 Å². The van der Waals surface area contributed by atoms with Gasteiger partial charge in [-0.25, -0.2) is 0 Å². The predicted molar refractivity (Wildman–Crippen MR) is 80.2 cm³/mol. The number of para-hydroxylation sites is 1. The molecule has 2 rings (SSSR count). The van der Waals surface area contributed by atoms with E-state index in [1.807, 2.05) is 0 Å². The number of benzene rings is 2. The zero-order valence-electron chi connectivity index (χ0n) is 9.97. The molecule has 0 radical (unpaired) electrons. The number of nitrogens with zero attached hydrogens (tertiary/aromatic N) is 1. The first-order valence-corrected chi connectivity index (χ1v) is 6.66.